The fraction of sp³-hybridized carbons (Fsp3) is 0.462. The molecule has 0 spiro atoms. The van der Waals surface area contributed by atoms with E-state index in [0.29, 0.717) is 22.9 Å². The fourth-order valence-corrected chi connectivity index (χ4v) is 2.31. The Morgan fingerprint density at radius 1 is 1.39 bits per heavy atom. The van der Waals surface area contributed by atoms with Crippen LogP contribution in [0.2, 0.25) is 10.0 Å². The molecule has 0 atom stereocenters. The summed E-state index contributed by atoms with van der Waals surface area (Å²) in [6, 6.07) is 5.26. The third-order valence-electron chi connectivity index (χ3n) is 3.20. The van der Waals surface area contributed by atoms with Gasteiger partial charge >= 0.3 is 0 Å². The van der Waals surface area contributed by atoms with E-state index in [0.717, 1.165) is 18.4 Å². The van der Waals surface area contributed by atoms with Crippen molar-refractivity contribution in [2.24, 2.45) is 0 Å². The minimum atomic E-state index is -0.346. The van der Waals surface area contributed by atoms with E-state index in [-0.39, 0.29) is 18.1 Å². The van der Waals surface area contributed by atoms with Gasteiger partial charge in [0, 0.05) is 16.5 Å². The average Bonchev–Trinajstić information content (AvgIpc) is 3.08. The van der Waals surface area contributed by atoms with Gasteiger partial charge in [0.05, 0.1) is 12.1 Å². The maximum atomic E-state index is 11.7. The van der Waals surface area contributed by atoms with Gasteiger partial charge in [-0.2, -0.15) is 0 Å². The van der Waals surface area contributed by atoms with Crippen LogP contribution in [0.1, 0.15) is 24.8 Å². The van der Waals surface area contributed by atoms with Crippen LogP contribution in [0.15, 0.2) is 18.2 Å². The molecule has 0 aliphatic heterocycles. The third kappa shape index (κ3) is 3.37. The summed E-state index contributed by atoms with van der Waals surface area (Å²) in [5.41, 5.74) is 0.561. The number of aryl methyl sites for hydroxylation is 1. The minimum Gasteiger partial charge on any atom is -0.394 e. The first-order valence-electron chi connectivity index (χ1n) is 5.90. The second-order valence-corrected chi connectivity index (χ2v) is 5.57. The van der Waals surface area contributed by atoms with Gasteiger partial charge in [0.15, 0.2) is 0 Å². The number of benzene rings is 1. The van der Waals surface area contributed by atoms with Gasteiger partial charge in [-0.1, -0.05) is 29.3 Å². The summed E-state index contributed by atoms with van der Waals surface area (Å²) in [4.78, 5) is 11.7. The van der Waals surface area contributed by atoms with Crippen LogP contribution in [-0.4, -0.2) is 23.2 Å². The summed E-state index contributed by atoms with van der Waals surface area (Å²) >= 11 is 11.8. The van der Waals surface area contributed by atoms with Gasteiger partial charge in [-0.15, -0.1) is 0 Å². The Morgan fingerprint density at radius 2 is 2.11 bits per heavy atom. The molecule has 1 aliphatic carbocycles. The molecule has 0 saturated heterocycles. The minimum absolute atomic E-state index is 0.0143. The molecule has 98 valence electrons. The van der Waals surface area contributed by atoms with E-state index in [1.54, 1.807) is 12.1 Å². The monoisotopic (exact) mass is 287 g/mol. The number of aliphatic hydroxyl groups excluding tert-OH is 1. The molecule has 1 aromatic rings. The van der Waals surface area contributed by atoms with Crippen LogP contribution in [0.5, 0.6) is 0 Å². The van der Waals surface area contributed by atoms with E-state index in [4.69, 9.17) is 28.3 Å². The number of halogens is 2. The Morgan fingerprint density at radius 3 is 2.67 bits per heavy atom. The first kappa shape index (κ1) is 13.7. The molecule has 1 amide bonds. The number of nitrogens with one attached hydrogen (secondary N) is 1. The molecule has 1 fully saturated rings. The Kier molecular flexibility index (Phi) is 4.15. The summed E-state index contributed by atoms with van der Waals surface area (Å²) in [6.45, 7) is 0.0143. The topological polar surface area (TPSA) is 49.3 Å². The highest BCUT2D eigenvalue weighted by Crippen LogP contribution is 2.34. The van der Waals surface area contributed by atoms with Gasteiger partial charge in [0.25, 0.3) is 0 Å². The average molecular weight is 288 g/mol. The van der Waals surface area contributed by atoms with Crippen molar-refractivity contribution >= 4 is 29.1 Å². The summed E-state index contributed by atoms with van der Waals surface area (Å²) in [5, 5.41) is 13.1. The van der Waals surface area contributed by atoms with Crippen LogP contribution in [-0.2, 0) is 11.2 Å². The zero-order valence-corrected chi connectivity index (χ0v) is 11.4. The SMILES string of the molecule is O=C(CCc1ccc(Cl)cc1Cl)NC1(CO)CC1. The lowest BCUT2D eigenvalue weighted by Gasteiger charge is -2.14. The first-order valence-corrected chi connectivity index (χ1v) is 6.66. The Hall–Kier alpha value is -0.770. The highest BCUT2D eigenvalue weighted by Gasteiger charge is 2.43. The quantitative estimate of drug-likeness (QED) is 0.875. The smallest absolute Gasteiger partial charge is 0.220 e. The Bertz CT molecular complexity index is 458. The number of hydrogen-bond donors (Lipinski definition) is 2. The lowest BCUT2D eigenvalue weighted by atomic mass is 10.1. The molecule has 0 bridgehead atoms. The van der Waals surface area contributed by atoms with Gasteiger partial charge in [-0.25, -0.2) is 0 Å². The molecular formula is C13H15Cl2NO2. The van der Waals surface area contributed by atoms with Crippen molar-refractivity contribution in [3.63, 3.8) is 0 Å². The summed E-state index contributed by atoms with van der Waals surface area (Å²) in [7, 11) is 0. The summed E-state index contributed by atoms with van der Waals surface area (Å²) < 4.78 is 0. The van der Waals surface area contributed by atoms with Crippen LogP contribution in [0.25, 0.3) is 0 Å². The van der Waals surface area contributed by atoms with E-state index in [1.165, 1.54) is 0 Å². The van der Waals surface area contributed by atoms with Crippen LogP contribution in [0.4, 0.5) is 0 Å². The van der Waals surface area contributed by atoms with Crippen molar-refractivity contribution in [1.82, 2.24) is 5.32 Å². The van der Waals surface area contributed by atoms with Crippen LogP contribution in [0.3, 0.4) is 0 Å². The second-order valence-electron chi connectivity index (χ2n) is 4.72. The maximum Gasteiger partial charge on any atom is 0.220 e. The number of rotatable bonds is 5. The highest BCUT2D eigenvalue weighted by molar-refractivity contribution is 6.35. The van der Waals surface area contributed by atoms with Crippen LogP contribution >= 0.6 is 23.2 Å². The number of carbonyl (C=O) groups is 1. The van der Waals surface area contributed by atoms with Crippen molar-refractivity contribution in [3.8, 4) is 0 Å². The standard InChI is InChI=1S/C13H15Cl2NO2/c14-10-3-1-9(11(15)7-10)2-4-12(18)16-13(8-17)5-6-13/h1,3,7,17H,2,4-6,8H2,(H,16,18). The molecule has 3 nitrogen and oxygen atoms in total. The molecule has 1 aliphatic rings. The maximum absolute atomic E-state index is 11.7. The van der Waals surface area contributed by atoms with E-state index in [1.807, 2.05) is 6.07 Å². The fourth-order valence-electron chi connectivity index (χ4n) is 1.80. The van der Waals surface area contributed by atoms with Gasteiger partial charge in [-0.05, 0) is 37.0 Å². The second kappa shape index (κ2) is 5.47. The lowest BCUT2D eigenvalue weighted by Crippen LogP contribution is -2.39. The van der Waals surface area contributed by atoms with Gasteiger partial charge in [-0.3, -0.25) is 4.79 Å². The summed E-state index contributed by atoms with van der Waals surface area (Å²) in [5.74, 6) is -0.0485. The van der Waals surface area contributed by atoms with Gasteiger partial charge in [0.2, 0.25) is 5.91 Å². The van der Waals surface area contributed by atoms with Crippen molar-refractivity contribution in [1.29, 1.82) is 0 Å². The summed E-state index contributed by atoms with van der Waals surface area (Å²) in [6.07, 6.45) is 2.65. The number of hydrogen-bond acceptors (Lipinski definition) is 2. The van der Waals surface area contributed by atoms with Gasteiger partial charge in [0.1, 0.15) is 0 Å². The van der Waals surface area contributed by atoms with Gasteiger partial charge < -0.3 is 10.4 Å². The number of amides is 1. The number of carbonyl (C=O) groups excluding carboxylic acids is 1. The Balaban J connectivity index is 1.85. The molecule has 1 saturated carbocycles. The van der Waals surface area contributed by atoms with E-state index >= 15 is 0 Å². The molecule has 0 aromatic heterocycles. The number of aliphatic hydroxyl groups is 1. The van der Waals surface area contributed by atoms with Crippen molar-refractivity contribution in [2.45, 2.75) is 31.2 Å². The predicted octanol–water partition coefficient (Wildman–Crippen LogP) is 2.57. The van der Waals surface area contributed by atoms with Crippen molar-refractivity contribution < 1.29 is 9.90 Å². The highest BCUT2D eigenvalue weighted by atomic mass is 35.5. The molecule has 2 rings (SSSR count). The molecule has 0 radical (unpaired) electrons. The predicted molar refractivity (Wildman–Crippen MR) is 72.0 cm³/mol. The van der Waals surface area contributed by atoms with Crippen LogP contribution in [0, 0.1) is 0 Å². The lowest BCUT2D eigenvalue weighted by molar-refractivity contribution is -0.122. The van der Waals surface area contributed by atoms with E-state index in [9.17, 15) is 4.79 Å². The van der Waals surface area contributed by atoms with Crippen molar-refractivity contribution in [3.05, 3.63) is 33.8 Å². The van der Waals surface area contributed by atoms with Crippen LogP contribution < -0.4 is 5.32 Å². The zero-order valence-electron chi connectivity index (χ0n) is 9.88. The molecule has 2 N–H and O–H groups in total. The molecule has 0 heterocycles. The first-order chi connectivity index (χ1) is 8.54. The van der Waals surface area contributed by atoms with E-state index in [2.05, 4.69) is 5.32 Å². The Labute approximate surface area is 116 Å². The normalized spacial score (nSPS) is 16.4. The largest absolute Gasteiger partial charge is 0.394 e. The third-order valence-corrected chi connectivity index (χ3v) is 3.78. The zero-order chi connectivity index (χ0) is 13.2. The molecule has 5 heteroatoms. The van der Waals surface area contributed by atoms with E-state index < -0.39 is 0 Å². The molecule has 0 unspecified atom stereocenters. The van der Waals surface area contributed by atoms with Crippen molar-refractivity contribution in [2.75, 3.05) is 6.61 Å². The molecular weight excluding hydrogens is 273 g/mol. The molecule has 1 aromatic carbocycles. The molecule has 18 heavy (non-hydrogen) atoms.